The number of halogens is 2. The second kappa shape index (κ2) is 10.1. The third kappa shape index (κ3) is 5.07. The Kier molecular flexibility index (Phi) is 7.05. The first-order valence-corrected chi connectivity index (χ1v) is 11.1. The number of amides is 2. The number of allylic oxidation sites excluding steroid dienone is 1. The second-order valence-electron chi connectivity index (χ2n) is 7.57. The zero-order chi connectivity index (χ0) is 23.4. The molecule has 1 aromatic heterocycles. The number of carbonyl (C=O) groups is 1. The van der Waals surface area contributed by atoms with Crippen molar-refractivity contribution in [3.63, 3.8) is 0 Å². The normalized spacial score (nSPS) is 16.3. The van der Waals surface area contributed by atoms with Gasteiger partial charge in [0.25, 0.3) is 5.89 Å². The van der Waals surface area contributed by atoms with E-state index in [9.17, 15) is 9.18 Å². The molecule has 2 aromatic carbocycles. The number of nitrogens with zero attached hydrogens (tertiary/aromatic N) is 3. The van der Waals surface area contributed by atoms with Gasteiger partial charge in [-0.25, -0.2) is 9.18 Å². The highest BCUT2D eigenvalue weighted by Crippen LogP contribution is 2.38. The topological polar surface area (TPSA) is 80.5 Å². The molecule has 7 nitrogen and oxygen atoms in total. The molecule has 9 heteroatoms. The fourth-order valence-electron chi connectivity index (χ4n) is 3.81. The minimum atomic E-state index is -0.542. The molecule has 0 saturated heterocycles. The summed E-state index contributed by atoms with van der Waals surface area (Å²) in [6.07, 6.45) is 0.673. The van der Waals surface area contributed by atoms with E-state index in [4.69, 9.17) is 20.9 Å². The average molecular weight is 471 g/mol. The fourth-order valence-corrected chi connectivity index (χ4v) is 4.01. The molecule has 33 heavy (non-hydrogen) atoms. The summed E-state index contributed by atoms with van der Waals surface area (Å²) >= 11 is 6.22. The van der Waals surface area contributed by atoms with E-state index in [-0.39, 0.29) is 17.7 Å². The van der Waals surface area contributed by atoms with Crippen LogP contribution in [0.25, 0.3) is 17.0 Å². The molecule has 172 valence electrons. The van der Waals surface area contributed by atoms with Crippen molar-refractivity contribution in [1.29, 1.82) is 0 Å². The van der Waals surface area contributed by atoms with Gasteiger partial charge in [0.2, 0.25) is 5.82 Å². The lowest BCUT2D eigenvalue weighted by Gasteiger charge is -2.35. The summed E-state index contributed by atoms with van der Waals surface area (Å²) in [7, 11) is 0. The van der Waals surface area contributed by atoms with Gasteiger partial charge in [-0.05, 0) is 50.1 Å². The summed E-state index contributed by atoms with van der Waals surface area (Å²) in [5.41, 5.74) is 2.62. The zero-order valence-electron chi connectivity index (χ0n) is 18.3. The highest BCUT2D eigenvalue weighted by atomic mass is 35.5. The van der Waals surface area contributed by atoms with Crippen molar-refractivity contribution in [1.82, 2.24) is 20.4 Å². The van der Waals surface area contributed by atoms with Gasteiger partial charge in [-0.3, -0.25) is 4.90 Å². The standard InChI is InChI=1S/C24H24ClFN4O3/c1-3-32-12-6-11-30-15(2)20(21(27-24(30)31)16-7-4-9-18(25)13-16)23-28-22(29-33-23)17-8-5-10-19(26)14-17/h4-5,7-10,13-14,21H,3,6,11-12H2,1-2H3,(H,27,31). The van der Waals surface area contributed by atoms with E-state index in [1.54, 1.807) is 29.2 Å². The van der Waals surface area contributed by atoms with Crippen molar-refractivity contribution in [2.45, 2.75) is 26.3 Å². The molecular formula is C24H24ClFN4O3. The molecule has 0 bridgehead atoms. The number of hydrogen-bond donors (Lipinski definition) is 1. The first-order chi connectivity index (χ1) is 16.0. The van der Waals surface area contributed by atoms with Crippen LogP contribution in [0.4, 0.5) is 9.18 Å². The number of carbonyl (C=O) groups excluding carboxylic acids is 1. The summed E-state index contributed by atoms with van der Waals surface area (Å²) in [6, 6.07) is 12.4. The van der Waals surface area contributed by atoms with E-state index in [0.717, 1.165) is 5.56 Å². The van der Waals surface area contributed by atoms with Crippen molar-refractivity contribution in [3.8, 4) is 11.4 Å². The van der Waals surface area contributed by atoms with Crippen LogP contribution in [0.3, 0.4) is 0 Å². The summed E-state index contributed by atoms with van der Waals surface area (Å²) in [5, 5.41) is 7.62. The van der Waals surface area contributed by atoms with Crippen LogP contribution in [0.15, 0.2) is 58.8 Å². The Balaban J connectivity index is 1.75. The van der Waals surface area contributed by atoms with Crippen molar-refractivity contribution in [3.05, 3.63) is 76.5 Å². The van der Waals surface area contributed by atoms with Crippen LogP contribution in [0.5, 0.6) is 0 Å². The van der Waals surface area contributed by atoms with Gasteiger partial charge in [0.05, 0.1) is 11.6 Å². The number of rotatable bonds is 8. The molecule has 1 aliphatic rings. The highest BCUT2D eigenvalue weighted by molar-refractivity contribution is 6.30. The number of benzene rings is 2. The van der Waals surface area contributed by atoms with Crippen LogP contribution < -0.4 is 5.32 Å². The first kappa shape index (κ1) is 22.9. The van der Waals surface area contributed by atoms with Crippen LogP contribution in [0.2, 0.25) is 5.02 Å². The lowest BCUT2D eigenvalue weighted by molar-refractivity contribution is 0.136. The minimum absolute atomic E-state index is 0.234. The molecule has 0 saturated carbocycles. The molecule has 0 aliphatic carbocycles. The van der Waals surface area contributed by atoms with Gasteiger partial charge in [-0.15, -0.1) is 0 Å². The average Bonchev–Trinajstić information content (AvgIpc) is 3.28. The second-order valence-corrected chi connectivity index (χ2v) is 8.01. The molecule has 2 amide bonds. The summed E-state index contributed by atoms with van der Waals surface area (Å²) in [5.74, 6) is 0.109. The number of ether oxygens (including phenoxy) is 1. The zero-order valence-corrected chi connectivity index (χ0v) is 19.1. The molecule has 0 fully saturated rings. The summed E-state index contributed by atoms with van der Waals surface area (Å²) in [4.78, 5) is 19.1. The molecule has 0 radical (unpaired) electrons. The summed E-state index contributed by atoms with van der Waals surface area (Å²) in [6.45, 7) is 5.41. The Morgan fingerprint density at radius 2 is 2.06 bits per heavy atom. The maximum Gasteiger partial charge on any atom is 0.322 e. The molecule has 3 aromatic rings. The number of nitrogens with one attached hydrogen (secondary N) is 1. The maximum absolute atomic E-state index is 13.7. The predicted octanol–water partition coefficient (Wildman–Crippen LogP) is 5.45. The number of hydrogen-bond acceptors (Lipinski definition) is 5. The Morgan fingerprint density at radius 1 is 1.24 bits per heavy atom. The number of aromatic nitrogens is 2. The lowest BCUT2D eigenvalue weighted by Crippen LogP contribution is -2.46. The van der Waals surface area contributed by atoms with Crippen molar-refractivity contribution in [2.24, 2.45) is 0 Å². The SMILES string of the molecule is CCOCCCN1C(=O)NC(c2cccc(Cl)c2)C(c2nc(-c3cccc(F)c3)no2)=C1C. The van der Waals surface area contributed by atoms with E-state index < -0.39 is 11.9 Å². The Labute approximate surface area is 196 Å². The highest BCUT2D eigenvalue weighted by Gasteiger charge is 2.35. The smallest absolute Gasteiger partial charge is 0.322 e. The molecule has 0 spiro atoms. The van der Waals surface area contributed by atoms with Gasteiger partial charge in [0.15, 0.2) is 0 Å². The van der Waals surface area contributed by atoms with Gasteiger partial charge >= 0.3 is 6.03 Å². The quantitative estimate of drug-likeness (QED) is 0.442. The lowest BCUT2D eigenvalue weighted by atomic mass is 9.94. The monoisotopic (exact) mass is 470 g/mol. The molecule has 1 N–H and O–H groups in total. The maximum atomic E-state index is 13.7. The largest absolute Gasteiger partial charge is 0.382 e. The van der Waals surface area contributed by atoms with Gasteiger partial charge < -0.3 is 14.6 Å². The van der Waals surface area contributed by atoms with Gasteiger partial charge in [0, 0.05) is 36.0 Å². The van der Waals surface area contributed by atoms with Crippen LogP contribution in [-0.4, -0.2) is 40.8 Å². The first-order valence-electron chi connectivity index (χ1n) is 10.7. The fraction of sp³-hybridized carbons (Fsp3) is 0.292. The van der Waals surface area contributed by atoms with Crippen molar-refractivity contribution in [2.75, 3.05) is 19.8 Å². The van der Waals surface area contributed by atoms with Crippen LogP contribution in [0.1, 0.15) is 37.8 Å². The molecule has 2 heterocycles. The Hall–Kier alpha value is -3.23. The third-order valence-electron chi connectivity index (χ3n) is 5.39. The summed E-state index contributed by atoms with van der Waals surface area (Å²) < 4.78 is 24.7. The van der Waals surface area contributed by atoms with Crippen molar-refractivity contribution < 1.29 is 18.4 Å². The van der Waals surface area contributed by atoms with E-state index in [1.807, 2.05) is 26.0 Å². The van der Waals surface area contributed by atoms with Crippen molar-refractivity contribution >= 4 is 23.2 Å². The third-order valence-corrected chi connectivity index (χ3v) is 5.63. The molecule has 1 unspecified atom stereocenters. The van der Waals surface area contributed by atoms with E-state index in [1.165, 1.54) is 12.1 Å². The number of urea groups is 1. The van der Waals surface area contributed by atoms with E-state index in [2.05, 4.69) is 15.5 Å². The van der Waals surface area contributed by atoms with Gasteiger partial charge in [0.1, 0.15) is 5.82 Å². The van der Waals surface area contributed by atoms with E-state index in [0.29, 0.717) is 48.0 Å². The van der Waals surface area contributed by atoms with Gasteiger partial charge in [-0.1, -0.05) is 41.0 Å². The Morgan fingerprint density at radius 3 is 2.82 bits per heavy atom. The predicted molar refractivity (Wildman–Crippen MR) is 123 cm³/mol. The van der Waals surface area contributed by atoms with Crippen LogP contribution in [-0.2, 0) is 4.74 Å². The van der Waals surface area contributed by atoms with Crippen LogP contribution >= 0.6 is 11.6 Å². The van der Waals surface area contributed by atoms with E-state index >= 15 is 0 Å². The minimum Gasteiger partial charge on any atom is -0.382 e. The molecule has 1 aliphatic heterocycles. The van der Waals surface area contributed by atoms with Crippen LogP contribution in [0, 0.1) is 5.82 Å². The molecular weight excluding hydrogens is 447 g/mol. The molecule has 4 rings (SSSR count). The van der Waals surface area contributed by atoms with Gasteiger partial charge in [-0.2, -0.15) is 4.98 Å². The molecule has 1 atom stereocenters. The Bertz CT molecular complexity index is 1180.